The summed E-state index contributed by atoms with van der Waals surface area (Å²) in [5, 5.41) is 16.9. The number of rotatable bonds is 3. The summed E-state index contributed by atoms with van der Waals surface area (Å²) in [5.74, 6) is 0.862. The summed E-state index contributed by atoms with van der Waals surface area (Å²) in [5.41, 5.74) is 7.06. The van der Waals surface area contributed by atoms with E-state index < -0.39 is 0 Å². The van der Waals surface area contributed by atoms with Crippen LogP contribution in [0.5, 0.6) is 5.75 Å². The average Bonchev–Trinajstić information content (AvgIpc) is 2.31. The standard InChI is InChI=1S/C11H12N4O/c12-6-5-11-14-10(7-13-15-11)8-1-3-9(16)4-2-8/h1-4,7,16H,5-6,12H2. The summed E-state index contributed by atoms with van der Waals surface area (Å²) >= 11 is 0. The van der Waals surface area contributed by atoms with Gasteiger partial charge >= 0.3 is 0 Å². The molecule has 0 aliphatic rings. The van der Waals surface area contributed by atoms with Crippen LogP contribution in [-0.4, -0.2) is 26.8 Å². The topological polar surface area (TPSA) is 84.9 Å². The lowest BCUT2D eigenvalue weighted by atomic mass is 10.1. The Hall–Kier alpha value is -2.01. The number of hydrogen-bond donors (Lipinski definition) is 2. The van der Waals surface area contributed by atoms with Crippen LogP contribution < -0.4 is 5.73 Å². The fourth-order valence-electron chi connectivity index (χ4n) is 1.35. The Labute approximate surface area is 93.0 Å². The zero-order chi connectivity index (χ0) is 11.4. The zero-order valence-electron chi connectivity index (χ0n) is 8.67. The van der Waals surface area contributed by atoms with Gasteiger partial charge < -0.3 is 10.8 Å². The van der Waals surface area contributed by atoms with E-state index in [2.05, 4.69) is 15.2 Å². The van der Waals surface area contributed by atoms with Gasteiger partial charge in [-0.25, -0.2) is 4.98 Å². The van der Waals surface area contributed by atoms with Crippen LogP contribution in [0.3, 0.4) is 0 Å². The second-order valence-electron chi connectivity index (χ2n) is 3.34. The monoisotopic (exact) mass is 216 g/mol. The molecule has 1 heterocycles. The Kier molecular flexibility index (Phi) is 3.07. The Morgan fingerprint density at radius 3 is 2.62 bits per heavy atom. The predicted octanol–water partition coefficient (Wildman–Crippen LogP) is 0.745. The van der Waals surface area contributed by atoms with Gasteiger partial charge in [-0.3, -0.25) is 0 Å². The predicted molar refractivity (Wildman–Crippen MR) is 59.7 cm³/mol. The highest BCUT2D eigenvalue weighted by atomic mass is 16.3. The van der Waals surface area contributed by atoms with Crippen molar-refractivity contribution in [3.63, 3.8) is 0 Å². The van der Waals surface area contributed by atoms with Crippen molar-refractivity contribution in [3.8, 4) is 17.0 Å². The van der Waals surface area contributed by atoms with Gasteiger partial charge in [-0.15, -0.1) is 5.10 Å². The Morgan fingerprint density at radius 2 is 1.94 bits per heavy atom. The van der Waals surface area contributed by atoms with Gasteiger partial charge in [-0.1, -0.05) is 0 Å². The third-order valence-corrected chi connectivity index (χ3v) is 2.13. The lowest BCUT2D eigenvalue weighted by Gasteiger charge is -2.02. The summed E-state index contributed by atoms with van der Waals surface area (Å²) in [6, 6.07) is 6.79. The van der Waals surface area contributed by atoms with E-state index in [1.165, 1.54) is 0 Å². The molecule has 2 aromatic rings. The molecule has 0 atom stereocenters. The molecule has 0 spiro atoms. The molecule has 0 unspecified atom stereocenters. The van der Waals surface area contributed by atoms with Crippen LogP contribution in [-0.2, 0) is 6.42 Å². The number of aromatic hydroxyl groups is 1. The molecular formula is C11H12N4O. The van der Waals surface area contributed by atoms with Gasteiger partial charge in [0.2, 0.25) is 0 Å². The van der Waals surface area contributed by atoms with Crippen LogP contribution in [0.15, 0.2) is 30.5 Å². The quantitative estimate of drug-likeness (QED) is 0.790. The molecule has 16 heavy (non-hydrogen) atoms. The molecule has 0 radical (unpaired) electrons. The van der Waals surface area contributed by atoms with Gasteiger partial charge in [0, 0.05) is 12.0 Å². The number of benzene rings is 1. The lowest BCUT2D eigenvalue weighted by Crippen LogP contribution is -2.07. The van der Waals surface area contributed by atoms with Crippen molar-refractivity contribution in [2.75, 3.05) is 6.54 Å². The van der Waals surface area contributed by atoms with Crippen molar-refractivity contribution >= 4 is 0 Å². The van der Waals surface area contributed by atoms with E-state index >= 15 is 0 Å². The van der Waals surface area contributed by atoms with Crippen molar-refractivity contribution in [3.05, 3.63) is 36.3 Å². The minimum Gasteiger partial charge on any atom is -0.508 e. The molecule has 1 aromatic carbocycles. The first kappa shape index (κ1) is 10.5. The molecule has 5 heteroatoms. The number of hydrogen-bond acceptors (Lipinski definition) is 5. The summed E-state index contributed by atoms with van der Waals surface area (Å²) < 4.78 is 0. The fourth-order valence-corrected chi connectivity index (χ4v) is 1.35. The van der Waals surface area contributed by atoms with E-state index in [0.717, 1.165) is 11.3 Å². The molecule has 0 aliphatic carbocycles. The number of aromatic nitrogens is 3. The molecule has 5 nitrogen and oxygen atoms in total. The van der Waals surface area contributed by atoms with Gasteiger partial charge in [0.1, 0.15) is 5.75 Å². The Morgan fingerprint density at radius 1 is 1.19 bits per heavy atom. The van der Waals surface area contributed by atoms with Crippen LogP contribution in [0.4, 0.5) is 0 Å². The molecule has 82 valence electrons. The van der Waals surface area contributed by atoms with Gasteiger partial charge in [-0.2, -0.15) is 5.10 Å². The molecule has 0 fully saturated rings. The first-order valence-corrected chi connectivity index (χ1v) is 4.97. The van der Waals surface area contributed by atoms with Crippen LogP contribution in [0, 0.1) is 0 Å². The molecule has 0 saturated carbocycles. The highest BCUT2D eigenvalue weighted by molar-refractivity contribution is 5.58. The molecule has 0 bridgehead atoms. The van der Waals surface area contributed by atoms with Crippen molar-refractivity contribution in [1.29, 1.82) is 0 Å². The normalized spacial score (nSPS) is 10.3. The summed E-state index contributed by atoms with van der Waals surface area (Å²) in [4.78, 5) is 4.33. The molecule has 0 saturated heterocycles. The first-order chi connectivity index (χ1) is 7.79. The van der Waals surface area contributed by atoms with E-state index in [1.54, 1.807) is 30.5 Å². The van der Waals surface area contributed by atoms with Crippen LogP contribution in [0.2, 0.25) is 0 Å². The minimum atomic E-state index is 0.230. The SMILES string of the molecule is NCCc1nncc(-c2ccc(O)cc2)n1. The molecule has 2 rings (SSSR count). The van der Waals surface area contributed by atoms with Crippen molar-refractivity contribution in [2.45, 2.75) is 6.42 Å². The maximum Gasteiger partial charge on any atom is 0.152 e. The molecule has 0 amide bonds. The maximum absolute atomic E-state index is 9.18. The second kappa shape index (κ2) is 4.67. The van der Waals surface area contributed by atoms with Gasteiger partial charge in [-0.05, 0) is 30.8 Å². The number of phenols is 1. The third kappa shape index (κ3) is 2.32. The highest BCUT2D eigenvalue weighted by Gasteiger charge is 2.02. The van der Waals surface area contributed by atoms with Gasteiger partial charge in [0.25, 0.3) is 0 Å². The highest BCUT2D eigenvalue weighted by Crippen LogP contribution is 2.18. The van der Waals surface area contributed by atoms with Crippen LogP contribution >= 0.6 is 0 Å². The largest absolute Gasteiger partial charge is 0.508 e. The van der Waals surface area contributed by atoms with Gasteiger partial charge in [0.15, 0.2) is 5.82 Å². The fraction of sp³-hybridized carbons (Fsp3) is 0.182. The van der Waals surface area contributed by atoms with E-state index in [9.17, 15) is 5.11 Å². The van der Waals surface area contributed by atoms with E-state index in [1.807, 2.05) is 0 Å². The van der Waals surface area contributed by atoms with Gasteiger partial charge in [0.05, 0.1) is 11.9 Å². The van der Waals surface area contributed by atoms with Crippen molar-refractivity contribution in [2.24, 2.45) is 5.73 Å². The summed E-state index contributed by atoms with van der Waals surface area (Å²) in [7, 11) is 0. The molecule has 1 aromatic heterocycles. The Bertz CT molecular complexity index is 470. The minimum absolute atomic E-state index is 0.230. The van der Waals surface area contributed by atoms with Crippen molar-refractivity contribution in [1.82, 2.24) is 15.2 Å². The lowest BCUT2D eigenvalue weighted by molar-refractivity contribution is 0.475. The second-order valence-corrected chi connectivity index (χ2v) is 3.34. The number of phenolic OH excluding ortho intramolecular Hbond substituents is 1. The molecule has 0 aliphatic heterocycles. The molecule has 3 N–H and O–H groups in total. The summed E-state index contributed by atoms with van der Waals surface area (Å²) in [6.07, 6.45) is 2.20. The average molecular weight is 216 g/mol. The third-order valence-electron chi connectivity index (χ3n) is 2.13. The van der Waals surface area contributed by atoms with E-state index in [-0.39, 0.29) is 5.75 Å². The first-order valence-electron chi connectivity index (χ1n) is 4.97. The van der Waals surface area contributed by atoms with E-state index in [4.69, 9.17) is 5.73 Å². The number of nitrogens with two attached hydrogens (primary N) is 1. The summed E-state index contributed by atoms with van der Waals surface area (Å²) in [6.45, 7) is 0.501. The van der Waals surface area contributed by atoms with E-state index in [0.29, 0.717) is 18.8 Å². The van der Waals surface area contributed by atoms with Crippen molar-refractivity contribution < 1.29 is 5.11 Å². The zero-order valence-corrected chi connectivity index (χ0v) is 8.67. The smallest absolute Gasteiger partial charge is 0.152 e. The van der Waals surface area contributed by atoms with Crippen LogP contribution in [0.25, 0.3) is 11.3 Å². The number of nitrogens with zero attached hydrogens (tertiary/aromatic N) is 3. The van der Waals surface area contributed by atoms with Crippen LogP contribution in [0.1, 0.15) is 5.82 Å². The Balaban J connectivity index is 2.32. The maximum atomic E-state index is 9.18. The molecular weight excluding hydrogens is 204 g/mol.